The van der Waals surface area contributed by atoms with Crippen molar-refractivity contribution in [1.29, 1.82) is 0 Å². The summed E-state index contributed by atoms with van der Waals surface area (Å²) in [4.78, 5) is 8.30. The van der Waals surface area contributed by atoms with Gasteiger partial charge in [-0.05, 0) is 57.1 Å². The summed E-state index contributed by atoms with van der Waals surface area (Å²) in [6.45, 7) is 3.25. The van der Waals surface area contributed by atoms with Crippen LogP contribution in [0.3, 0.4) is 0 Å². The lowest BCUT2D eigenvalue weighted by Crippen LogP contribution is -2.40. The number of benzene rings is 1. The van der Waals surface area contributed by atoms with Crippen molar-refractivity contribution in [3.05, 3.63) is 54.0 Å². The molecule has 5 heteroatoms. The van der Waals surface area contributed by atoms with Gasteiger partial charge in [-0.3, -0.25) is 9.58 Å². The van der Waals surface area contributed by atoms with Crippen LogP contribution < -0.4 is 0 Å². The Morgan fingerprint density at radius 3 is 2.96 bits per heavy atom. The van der Waals surface area contributed by atoms with Gasteiger partial charge >= 0.3 is 0 Å². The van der Waals surface area contributed by atoms with Gasteiger partial charge in [-0.15, -0.1) is 0 Å². The Labute approximate surface area is 155 Å². The maximum atomic E-state index is 4.41. The van der Waals surface area contributed by atoms with Crippen LogP contribution in [0.5, 0.6) is 0 Å². The molecule has 1 aliphatic rings. The summed E-state index contributed by atoms with van der Waals surface area (Å²) in [5.74, 6) is 0.633. The summed E-state index contributed by atoms with van der Waals surface area (Å²) >= 11 is 0. The van der Waals surface area contributed by atoms with Gasteiger partial charge in [0.05, 0.1) is 6.20 Å². The summed E-state index contributed by atoms with van der Waals surface area (Å²) < 4.78 is 1.92. The van der Waals surface area contributed by atoms with Crippen LogP contribution in [0.1, 0.15) is 30.0 Å². The molecule has 0 spiro atoms. The number of piperidine rings is 1. The highest BCUT2D eigenvalue weighted by atomic mass is 15.3. The number of hydrogen-bond donors (Lipinski definition) is 1. The zero-order valence-corrected chi connectivity index (χ0v) is 16.0. The van der Waals surface area contributed by atoms with Crippen LogP contribution in [0.4, 0.5) is 0 Å². The van der Waals surface area contributed by atoms with Crippen LogP contribution in [0, 0.1) is 5.92 Å². The average molecular weight is 351 g/mol. The van der Waals surface area contributed by atoms with E-state index >= 15 is 0 Å². The zero-order chi connectivity index (χ0) is 18.1. The van der Waals surface area contributed by atoms with E-state index in [9.17, 15) is 0 Å². The molecule has 1 fully saturated rings. The van der Waals surface area contributed by atoms with E-state index in [4.69, 9.17) is 0 Å². The second kappa shape index (κ2) is 7.25. The van der Waals surface area contributed by atoms with Gasteiger partial charge in [-0.2, -0.15) is 5.10 Å². The number of fused-ring (bicyclic) bond motifs is 1. The minimum atomic E-state index is 0.461. The molecule has 1 N–H and O–H groups in total. The predicted molar refractivity (Wildman–Crippen MR) is 106 cm³/mol. The van der Waals surface area contributed by atoms with Crippen molar-refractivity contribution in [2.45, 2.75) is 25.4 Å². The molecule has 0 unspecified atom stereocenters. The minimum Gasteiger partial charge on any atom is -0.361 e. The van der Waals surface area contributed by atoms with Crippen molar-refractivity contribution in [1.82, 2.24) is 24.6 Å². The van der Waals surface area contributed by atoms with Crippen LogP contribution in [0.25, 0.3) is 10.9 Å². The van der Waals surface area contributed by atoms with Crippen LogP contribution in [0.15, 0.2) is 42.9 Å². The summed E-state index contributed by atoms with van der Waals surface area (Å²) in [5.41, 5.74) is 3.97. The van der Waals surface area contributed by atoms with Crippen molar-refractivity contribution in [3.8, 4) is 0 Å². The minimum absolute atomic E-state index is 0.461. The number of H-pyrrole nitrogens is 1. The van der Waals surface area contributed by atoms with Crippen LogP contribution >= 0.6 is 0 Å². The van der Waals surface area contributed by atoms with Crippen LogP contribution in [0.2, 0.25) is 0 Å². The summed E-state index contributed by atoms with van der Waals surface area (Å²) in [6, 6.07) is 9.19. The lowest BCUT2D eigenvalue weighted by molar-refractivity contribution is 0.0927. The van der Waals surface area contributed by atoms with Crippen molar-refractivity contribution in [2.75, 3.05) is 27.2 Å². The van der Waals surface area contributed by atoms with Crippen LogP contribution in [-0.4, -0.2) is 51.7 Å². The lowest BCUT2D eigenvalue weighted by atomic mass is 9.85. The first kappa shape index (κ1) is 17.3. The van der Waals surface area contributed by atoms with Gasteiger partial charge in [0, 0.05) is 55.0 Å². The number of aromatic nitrogens is 3. The molecule has 5 nitrogen and oxygen atoms in total. The van der Waals surface area contributed by atoms with E-state index in [0.29, 0.717) is 12.0 Å². The standard InChI is InChI=1S/C21H29N5/c1-24(13-16-6-4-8-20-19(16)9-10-22-20)14-17-7-5-11-25(2)21(17)18-12-23-26(3)15-18/h4,6,8-10,12,15,17,21-22H,5,7,11,13-14H2,1-3H3/t17-,21+/m0/s1. The highest BCUT2D eigenvalue weighted by molar-refractivity contribution is 5.82. The fourth-order valence-corrected chi connectivity index (χ4v) is 4.61. The first-order valence-electron chi connectivity index (χ1n) is 9.54. The largest absolute Gasteiger partial charge is 0.361 e. The SMILES string of the molecule is CN(Cc1cccc2[nH]ccc12)C[C@@H]1CCCN(C)[C@H]1c1cnn(C)c1. The summed E-state index contributed by atoms with van der Waals surface area (Å²) in [5, 5.41) is 5.75. The Balaban J connectivity index is 1.50. The Kier molecular flexibility index (Phi) is 4.83. The first-order chi connectivity index (χ1) is 12.6. The van der Waals surface area contributed by atoms with Crippen molar-refractivity contribution in [3.63, 3.8) is 0 Å². The van der Waals surface area contributed by atoms with Gasteiger partial charge in [0.25, 0.3) is 0 Å². The molecule has 26 heavy (non-hydrogen) atoms. The van der Waals surface area contributed by atoms with Crippen LogP contribution in [-0.2, 0) is 13.6 Å². The van der Waals surface area contributed by atoms with E-state index in [0.717, 1.165) is 13.1 Å². The maximum absolute atomic E-state index is 4.41. The fraction of sp³-hybridized carbons (Fsp3) is 0.476. The molecule has 1 aromatic carbocycles. The number of hydrogen-bond acceptors (Lipinski definition) is 3. The van der Waals surface area contributed by atoms with E-state index < -0.39 is 0 Å². The molecule has 0 saturated carbocycles. The maximum Gasteiger partial charge on any atom is 0.0537 e. The average Bonchev–Trinajstić information content (AvgIpc) is 3.24. The molecule has 0 radical (unpaired) electrons. The predicted octanol–water partition coefficient (Wildman–Crippen LogP) is 3.42. The molecule has 3 aromatic rings. The zero-order valence-electron chi connectivity index (χ0n) is 16.0. The lowest BCUT2D eigenvalue weighted by Gasteiger charge is -2.40. The molecule has 3 heterocycles. The molecule has 0 amide bonds. The molecule has 2 atom stereocenters. The number of rotatable bonds is 5. The van der Waals surface area contributed by atoms with Gasteiger partial charge in [0.1, 0.15) is 0 Å². The van der Waals surface area contributed by atoms with E-state index in [1.807, 2.05) is 24.1 Å². The number of likely N-dealkylation sites (tertiary alicyclic amines) is 1. The molecule has 2 aromatic heterocycles. The third kappa shape index (κ3) is 3.41. The molecular weight excluding hydrogens is 322 g/mol. The molecule has 1 saturated heterocycles. The monoisotopic (exact) mass is 351 g/mol. The highest BCUT2D eigenvalue weighted by Crippen LogP contribution is 2.35. The van der Waals surface area contributed by atoms with Gasteiger partial charge in [0.15, 0.2) is 0 Å². The van der Waals surface area contributed by atoms with Crippen molar-refractivity contribution < 1.29 is 0 Å². The van der Waals surface area contributed by atoms with E-state index in [1.54, 1.807) is 0 Å². The number of nitrogens with one attached hydrogen (secondary N) is 1. The van der Waals surface area contributed by atoms with E-state index in [2.05, 4.69) is 64.4 Å². The third-order valence-corrected chi connectivity index (χ3v) is 5.75. The smallest absolute Gasteiger partial charge is 0.0537 e. The Morgan fingerprint density at radius 2 is 2.15 bits per heavy atom. The highest BCUT2D eigenvalue weighted by Gasteiger charge is 2.32. The molecule has 1 aliphatic heterocycles. The quantitative estimate of drug-likeness (QED) is 0.766. The van der Waals surface area contributed by atoms with E-state index in [1.165, 1.54) is 41.4 Å². The summed E-state index contributed by atoms with van der Waals surface area (Å²) in [6.07, 6.45) is 8.81. The molecule has 0 bridgehead atoms. The topological polar surface area (TPSA) is 40.1 Å². The Morgan fingerprint density at radius 1 is 1.27 bits per heavy atom. The second-order valence-electron chi connectivity index (χ2n) is 7.83. The van der Waals surface area contributed by atoms with Gasteiger partial charge < -0.3 is 9.88 Å². The van der Waals surface area contributed by atoms with E-state index in [-0.39, 0.29) is 0 Å². The first-order valence-corrected chi connectivity index (χ1v) is 9.54. The fourth-order valence-electron chi connectivity index (χ4n) is 4.61. The summed E-state index contributed by atoms with van der Waals surface area (Å²) in [7, 11) is 6.51. The number of nitrogens with zero attached hydrogens (tertiary/aromatic N) is 4. The van der Waals surface area contributed by atoms with Gasteiger partial charge in [-0.25, -0.2) is 0 Å². The molecule has 138 valence electrons. The molecular formula is C21H29N5. The number of aryl methyl sites for hydroxylation is 1. The molecule has 0 aliphatic carbocycles. The van der Waals surface area contributed by atoms with Gasteiger partial charge in [0.2, 0.25) is 0 Å². The third-order valence-electron chi connectivity index (χ3n) is 5.75. The van der Waals surface area contributed by atoms with Crippen molar-refractivity contribution in [2.24, 2.45) is 13.0 Å². The van der Waals surface area contributed by atoms with Gasteiger partial charge in [-0.1, -0.05) is 12.1 Å². The Bertz CT molecular complexity index is 864. The van der Waals surface area contributed by atoms with Crippen molar-refractivity contribution >= 4 is 10.9 Å². The number of aromatic amines is 1. The normalized spacial score (nSPS) is 21.7. The second-order valence-corrected chi connectivity index (χ2v) is 7.83. The molecule has 4 rings (SSSR count). The Hall–Kier alpha value is -2.11.